The van der Waals surface area contributed by atoms with Crippen molar-refractivity contribution in [2.75, 3.05) is 11.9 Å². The number of ether oxygens (including phenoxy) is 1. The third kappa shape index (κ3) is 9.19. The maximum absolute atomic E-state index is 14.1. The van der Waals surface area contributed by atoms with E-state index in [0.29, 0.717) is 28.3 Å². The molecule has 2 aromatic carbocycles. The van der Waals surface area contributed by atoms with Gasteiger partial charge in [0.1, 0.15) is 17.7 Å². The average Bonchev–Trinajstić information content (AvgIpc) is 2.84. The van der Waals surface area contributed by atoms with E-state index in [1.165, 1.54) is 11.0 Å². The maximum atomic E-state index is 14.1. The molecule has 0 aliphatic heterocycles. The van der Waals surface area contributed by atoms with Crippen LogP contribution in [0.4, 0.5) is 10.5 Å². The molecule has 0 bridgehead atoms. The van der Waals surface area contributed by atoms with E-state index < -0.39 is 35.6 Å². The molecule has 0 radical (unpaired) electrons. The molecule has 39 heavy (non-hydrogen) atoms. The van der Waals surface area contributed by atoms with Crippen molar-refractivity contribution in [2.45, 2.75) is 65.6 Å². The molecule has 8 heteroatoms. The summed E-state index contributed by atoms with van der Waals surface area (Å²) in [6, 6.07) is 10.1. The number of alkyl carbamates (subject to hydrolysis) is 1. The Kier molecular flexibility index (Phi) is 11.2. The Labute approximate surface area is 236 Å². The van der Waals surface area contributed by atoms with Gasteiger partial charge in [-0.2, -0.15) is 0 Å². The van der Waals surface area contributed by atoms with E-state index >= 15 is 0 Å². The molecule has 7 nitrogen and oxygen atoms in total. The molecule has 2 N–H and O–H groups in total. The van der Waals surface area contributed by atoms with Crippen LogP contribution in [-0.2, 0) is 14.3 Å². The maximum Gasteiger partial charge on any atom is 0.408 e. The van der Waals surface area contributed by atoms with Gasteiger partial charge in [0.2, 0.25) is 5.91 Å². The van der Waals surface area contributed by atoms with Gasteiger partial charge < -0.3 is 20.3 Å². The molecular weight excluding hydrogens is 514 g/mol. The number of nitrogens with one attached hydrogen (secondary N) is 2. The number of nitrogens with zero attached hydrogens (tertiary/aromatic N) is 1. The van der Waals surface area contributed by atoms with Crippen LogP contribution in [0.1, 0.15) is 63.8 Å². The van der Waals surface area contributed by atoms with E-state index in [-0.39, 0.29) is 12.5 Å². The van der Waals surface area contributed by atoms with Gasteiger partial charge in [-0.05, 0) is 69.4 Å². The molecule has 2 aromatic rings. The minimum atomic E-state index is -1.08. The van der Waals surface area contributed by atoms with E-state index in [1.807, 2.05) is 26.8 Å². The predicted octanol–water partition coefficient (Wildman–Crippen LogP) is 6.26. The Hall–Kier alpha value is -3.76. The van der Waals surface area contributed by atoms with Gasteiger partial charge in [-0.1, -0.05) is 61.7 Å². The molecule has 2 unspecified atom stereocenters. The van der Waals surface area contributed by atoms with Crippen LogP contribution in [0.5, 0.6) is 0 Å². The van der Waals surface area contributed by atoms with Crippen LogP contribution in [0.25, 0.3) is 0 Å². The standard InChI is InChI=1S/C31H38ClN3O4/c1-9-18-35(29(37)25(19-20(3)4)33-30(38)39-31(6,7)8)27(23-16-14-22(10-2)15-17-23)28(36)34-26-21(5)12-11-13-24(26)32/h2,9,11-17,20,25,27H,1,18-19H2,3-8H3,(H,33,38)(H,34,36). The molecular formula is C31H38ClN3O4. The quantitative estimate of drug-likeness (QED) is 0.269. The molecule has 3 amide bonds. The van der Waals surface area contributed by atoms with Gasteiger partial charge in [0, 0.05) is 12.1 Å². The Bertz CT molecular complexity index is 1210. The molecule has 0 aliphatic rings. The average molecular weight is 552 g/mol. The fourth-order valence-corrected chi connectivity index (χ4v) is 4.29. The molecule has 0 fully saturated rings. The van der Waals surface area contributed by atoms with Gasteiger partial charge in [-0.25, -0.2) is 4.79 Å². The number of terminal acetylenes is 1. The summed E-state index contributed by atoms with van der Waals surface area (Å²) in [5, 5.41) is 5.98. The van der Waals surface area contributed by atoms with Crippen LogP contribution in [0.3, 0.4) is 0 Å². The summed E-state index contributed by atoms with van der Waals surface area (Å²) >= 11 is 6.39. The van der Waals surface area contributed by atoms with E-state index in [4.69, 9.17) is 22.8 Å². The van der Waals surface area contributed by atoms with Crippen molar-refractivity contribution in [1.29, 1.82) is 0 Å². The summed E-state index contributed by atoms with van der Waals surface area (Å²) in [7, 11) is 0. The van der Waals surface area contributed by atoms with Crippen molar-refractivity contribution < 1.29 is 19.1 Å². The third-order valence-corrected chi connectivity index (χ3v) is 6.04. The Morgan fingerprint density at radius 2 is 1.79 bits per heavy atom. The Morgan fingerprint density at radius 3 is 2.31 bits per heavy atom. The van der Waals surface area contributed by atoms with Gasteiger partial charge in [0.15, 0.2) is 0 Å². The van der Waals surface area contributed by atoms with Crippen molar-refractivity contribution >= 4 is 35.2 Å². The molecule has 2 rings (SSSR count). The number of amides is 3. The molecule has 208 valence electrons. The van der Waals surface area contributed by atoms with Gasteiger partial charge in [-0.15, -0.1) is 13.0 Å². The second-order valence-corrected chi connectivity index (χ2v) is 11.1. The molecule has 0 spiro atoms. The first-order valence-electron chi connectivity index (χ1n) is 12.8. The van der Waals surface area contributed by atoms with Crippen LogP contribution in [-0.4, -0.2) is 41.0 Å². The van der Waals surface area contributed by atoms with E-state index in [0.717, 1.165) is 5.56 Å². The third-order valence-electron chi connectivity index (χ3n) is 5.73. The summed E-state index contributed by atoms with van der Waals surface area (Å²) in [4.78, 5) is 42.0. The zero-order chi connectivity index (χ0) is 29.3. The molecule has 2 atom stereocenters. The minimum Gasteiger partial charge on any atom is -0.444 e. The largest absolute Gasteiger partial charge is 0.444 e. The fraction of sp³-hybridized carbons (Fsp3) is 0.387. The Balaban J connectivity index is 2.56. The lowest BCUT2D eigenvalue weighted by atomic mass is 9.98. The van der Waals surface area contributed by atoms with Crippen molar-refractivity contribution in [2.24, 2.45) is 5.92 Å². The summed E-state index contributed by atoms with van der Waals surface area (Å²) in [5.41, 5.74) is 1.64. The van der Waals surface area contributed by atoms with Gasteiger partial charge in [0.05, 0.1) is 10.7 Å². The highest BCUT2D eigenvalue weighted by atomic mass is 35.5. The minimum absolute atomic E-state index is 0.0416. The lowest BCUT2D eigenvalue weighted by Gasteiger charge is -2.34. The van der Waals surface area contributed by atoms with Crippen LogP contribution in [0.2, 0.25) is 5.02 Å². The van der Waals surface area contributed by atoms with Crippen LogP contribution in [0, 0.1) is 25.2 Å². The number of hydrogen-bond donors (Lipinski definition) is 2. The lowest BCUT2D eigenvalue weighted by molar-refractivity contribution is -0.140. The number of carbonyl (C=O) groups excluding carboxylic acids is 3. The highest BCUT2D eigenvalue weighted by Gasteiger charge is 2.36. The summed E-state index contributed by atoms with van der Waals surface area (Å²) < 4.78 is 5.41. The van der Waals surface area contributed by atoms with E-state index in [1.54, 1.807) is 57.2 Å². The van der Waals surface area contributed by atoms with E-state index in [2.05, 4.69) is 23.1 Å². The number of hydrogen-bond acceptors (Lipinski definition) is 4. The number of para-hydroxylation sites is 1. The summed E-state index contributed by atoms with van der Waals surface area (Å²) in [6.45, 7) is 14.8. The highest BCUT2D eigenvalue weighted by molar-refractivity contribution is 6.34. The van der Waals surface area contributed by atoms with Gasteiger partial charge in [0.25, 0.3) is 5.91 Å². The molecule has 0 aliphatic carbocycles. The first-order valence-corrected chi connectivity index (χ1v) is 13.2. The SMILES string of the molecule is C#Cc1ccc(C(C(=O)Nc2c(C)cccc2Cl)N(CC=C)C(=O)C(CC(C)C)NC(=O)OC(C)(C)C)cc1. The number of aryl methyl sites for hydroxylation is 1. The molecule has 0 saturated heterocycles. The van der Waals surface area contributed by atoms with Crippen molar-refractivity contribution in [1.82, 2.24) is 10.2 Å². The molecule has 0 heterocycles. The summed E-state index contributed by atoms with van der Waals surface area (Å²) in [6.07, 6.45) is 6.68. The van der Waals surface area contributed by atoms with E-state index in [9.17, 15) is 14.4 Å². The number of anilines is 1. The molecule has 0 aromatic heterocycles. The first kappa shape index (κ1) is 31.5. The van der Waals surface area contributed by atoms with Gasteiger partial charge >= 0.3 is 6.09 Å². The number of benzene rings is 2. The molecule has 0 saturated carbocycles. The zero-order valence-corrected chi connectivity index (χ0v) is 24.3. The van der Waals surface area contributed by atoms with Crippen molar-refractivity contribution in [3.8, 4) is 12.3 Å². The van der Waals surface area contributed by atoms with Crippen LogP contribution < -0.4 is 10.6 Å². The summed E-state index contributed by atoms with van der Waals surface area (Å²) in [5.74, 6) is 1.69. The second-order valence-electron chi connectivity index (χ2n) is 10.7. The number of carbonyl (C=O) groups is 3. The lowest BCUT2D eigenvalue weighted by Crippen LogP contribution is -2.52. The fourth-order valence-electron chi connectivity index (χ4n) is 4.02. The Morgan fingerprint density at radius 1 is 1.15 bits per heavy atom. The van der Waals surface area contributed by atoms with Crippen molar-refractivity contribution in [3.05, 3.63) is 76.8 Å². The monoisotopic (exact) mass is 551 g/mol. The smallest absolute Gasteiger partial charge is 0.408 e. The zero-order valence-electron chi connectivity index (χ0n) is 23.5. The van der Waals surface area contributed by atoms with Crippen LogP contribution in [0.15, 0.2) is 55.1 Å². The van der Waals surface area contributed by atoms with Crippen LogP contribution >= 0.6 is 11.6 Å². The second kappa shape index (κ2) is 13.9. The van der Waals surface area contributed by atoms with Crippen molar-refractivity contribution in [3.63, 3.8) is 0 Å². The highest BCUT2D eigenvalue weighted by Crippen LogP contribution is 2.30. The number of rotatable bonds is 10. The van der Waals surface area contributed by atoms with Gasteiger partial charge in [-0.3, -0.25) is 9.59 Å². The normalized spacial score (nSPS) is 12.6. The topological polar surface area (TPSA) is 87.7 Å². The predicted molar refractivity (Wildman–Crippen MR) is 156 cm³/mol. The first-order chi connectivity index (χ1) is 18.3. The number of halogens is 1.